The van der Waals surface area contributed by atoms with Crippen molar-refractivity contribution in [2.24, 2.45) is 0 Å². The highest BCUT2D eigenvalue weighted by molar-refractivity contribution is 6.29. The van der Waals surface area contributed by atoms with Gasteiger partial charge in [-0.3, -0.25) is 0 Å². The summed E-state index contributed by atoms with van der Waals surface area (Å²) in [4.78, 5) is 12.7. The predicted octanol–water partition coefficient (Wildman–Crippen LogP) is 2.99. The van der Waals surface area contributed by atoms with Crippen molar-refractivity contribution < 1.29 is 0 Å². The lowest BCUT2D eigenvalue weighted by Gasteiger charge is -2.05. The minimum atomic E-state index is 0.299. The first-order valence-electron chi connectivity index (χ1n) is 5.79. The zero-order valence-corrected chi connectivity index (χ0v) is 10.5. The standard InChI is InChI=1S/C12H15ClN4/c1-2-3-4-5-8-11-9(16-12(14)15-8)6-7-10(13)17-11/h6-7H,2-5H2,1H3,(H2,14,15,16). The van der Waals surface area contributed by atoms with Crippen LogP contribution in [-0.4, -0.2) is 15.0 Å². The molecule has 2 N–H and O–H groups in total. The van der Waals surface area contributed by atoms with Gasteiger partial charge < -0.3 is 5.73 Å². The van der Waals surface area contributed by atoms with Gasteiger partial charge in [-0.1, -0.05) is 31.4 Å². The molecule has 4 nitrogen and oxygen atoms in total. The number of unbranched alkanes of at least 4 members (excludes halogenated alkanes) is 2. The third kappa shape index (κ3) is 2.82. The van der Waals surface area contributed by atoms with Crippen molar-refractivity contribution in [3.8, 4) is 0 Å². The summed E-state index contributed by atoms with van der Waals surface area (Å²) in [5, 5.41) is 0.461. The molecule has 5 heteroatoms. The van der Waals surface area contributed by atoms with Crippen molar-refractivity contribution in [3.05, 3.63) is 23.0 Å². The average Bonchev–Trinajstić information content (AvgIpc) is 2.30. The van der Waals surface area contributed by atoms with Crippen LogP contribution in [-0.2, 0) is 6.42 Å². The van der Waals surface area contributed by atoms with E-state index in [-0.39, 0.29) is 0 Å². The molecule has 0 saturated heterocycles. The van der Waals surface area contributed by atoms with Gasteiger partial charge in [0.15, 0.2) is 0 Å². The number of pyridine rings is 1. The minimum Gasteiger partial charge on any atom is -0.368 e. The van der Waals surface area contributed by atoms with Crippen molar-refractivity contribution >= 4 is 28.6 Å². The van der Waals surface area contributed by atoms with Gasteiger partial charge in [-0.15, -0.1) is 0 Å². The van der Waals surface area contributed by atoms with Gasteiger partial charge in [0.2, 0.25) is 5.95 Å². The van der Waals surface area contributed by atoms with Crippen molar-refractivity contribution in [3.63, 3.8) is 0 Å². The quantitative estimate of drug-likeness (QED) is 0.669. The topological polar surface area (TPSA) is 64.7 Å². The van der Waals surface area contributed by atoms with Crippen LogP contribution in [0.2, 0.25) is 5.15 Å². The molecule has 17 heavy (non-hydrogen) atoms. The Hall–Kier alpha value is -1.42. The van der Waals surface area contributed by atoms with Crippen LogP contribution < -0.4 is 5.73 Å². The lowest BCUT2D eigenvalue weighted by Crippen LogP contribution is -2.02. The van der Waals surface area contributed by atoms with Crippen LogP contribution in [0.25, 0.3) is 11.0 Å². The maximum Gasteiger partial charge on any atom is 0.220 e. The number of aromatic nitrogens is 3. The summed E-state index contributed by atoms with van der Waals surface area (Å²) in [7, 11) is 0. The van der Waals surface area contributed by atoms with Gasteiger partial charge in [0.05, 0.1) is 11.2 Å². The molecule has 2 rings (SSSR count). The molecule has 2 aromatic rings. The predicted molar refractivity (Wildman–Crippen MR) is 70.0 cm³/mol. The molecule has 0 saturated carbocycles. The van der Waals surface area contributed by atoms with Crippen LogP contribution in [0, 0.1) is 0 Å². The molecule has 0 aliphatic rings. The van der Waals surface area contributed by atoms with Crippen molar-refractivity contribution in [1.29, 1.82) is 0 Å². The Morgan fingerprint density at radius 1 is 1.18 bits per heavy atom. The van der Waals surface area contributed by atoms with E-state index >= 15 is 0 Å². The lowest BCUT2D eigenvalue weighted by molar-refractivity contribution is 0.709. The minimum absolute atomic E-state index is 0.299. The molecule has 90 valence electrons. The fraction of sp³-hybridized carbons (Fsp3) is 0.417. The number of hydrogen-bond donors (Lipinski definition) is 1. The lowest BCUT2D eigenvalue weighted by atomic mass is 10.1. The van der Waals surface area contributed by atoms with Gasteiger partial charge in [-0.25, -0.2) is 15.0 Å². The normalized spacial score (nSPS) is 10.9. The van der Waals surface area contributed by atoms with Crippen LogP contribution in [0.3, 0.4) is 0 Å². The van der Waals surface area contributed by atoms with Gasteiger partial charge in [-0.2, -0.15) is 0 Å². The van der Waals surface area contributed by atoms with E-state index < -0.39 is 0 Å². The summed E-state index contributed by atoms with van der Waals surface area (Å²) < 4.78 is 0. The van der Waals surface area contributed by atoms with Gasteiger partial charge in [-0.05, 0) is 25.0 Å². The highest BCUT2D eigenvalue weighted by atomic mass is 35.5. The summed E-state index contributed by atoms with van der Waals surface area (Å²) in [6, 6.07) is 3.54. The summed E-state index contributed by atoms with van der Waals surface area (Å²) in [5.41, 5.74) is 8.10. The molecule has 0 aromatic carbocycles. The van der Waals surface area contributed by atoms with Gasteiger partial charge >= 0.3 is 0 Å². The number of nitrogens with two attached hydrogens (primary N) is 1. The summed E-state index contributed by atoms with van der Waals surface area (Å²) in [6.07, 6.45) is 4.29. The fourth-order valence-corrected chi connectivity index (χ4v) is 1.93. The zero-order valence-electron chi connectivity index (χ0n) is 9.78. The average molecular weight is 251 g/mol. The number of hydrogen-bond acceptors (Lipinski definition) is 4. The second-order valence-electron chi connectivity index (χ2n) is 3.99. The monoisotopic (exact) mass is 250 g/mol. The van der Waals surface area contributed by atoms with Gasteiger partial charge in [0, 0.05) is 0 Å². The molecule has 0 bridgehead atoms. The molecule has 0 aliphatic carbocycles. The zero-order chi connectivity index (χ0) is 12.3. The number of anilines is 1. The first-order valence-corrected chi connectivity index (χ1v) is 6.17. The summed E-state index contributed by atoms with van der Waals surface area (Å²) >= 11 is 5.89. The molecule has 0 radical (unpaired) electrons. The third-order valence-corrected chi connectivity index (χ3v) is 2.83. The molecular formula is C12H15ClN4. The van der Waals surface area contributed by atoms with E-state index in [1.807, 2.05) is 6.07 Å². The number of halogens is 1. The first kappa shape index (κ1) is 12.0. The molecular weight excluding hydrogens is 236 g/mol. The molecule has 0 amide bonds. The number of fused-ring (bicyclic) bond motifs is 1. The van der Waals surface area contributed by atoms with Crippen LogP contribution in [0.4, 0.5) is 5.95 Å². The van der Waals surface area contributed by atoms with E-state index in [1.54, 1.807) is 6.07 Å². The van der Waals surface area contributed by atoms with E-state index in [0.29, 0.717) is 11.1 Å². The number of nitrogens with zero attached hydrogens (tertiary/aromatic N) is 3. The van der Waals surface area contributed by atoms with Crippen LogP contribution in [0.5, 0.6) is 0 Å². The molecule has 2 heterocycles. The van der Waals surface area contributed by atoms with Gasteiger partial charge in [0.25, 0.3) is 0 Å². The smallest absolute Gasteiger partial charge is 0.220 e. The highest BCUT2D eigenvalue weighted by Crippen LogP contribution is 2.19. The Kier molecular flexibility index (Phi) is 3.74. The van der Waals surface area contributed by atoms with E-state index in [9.17, 15) is 0 Å². The van der Waals surface area contributed by atoms with E-state index in [2.05, 4.69) is 21.9 Å². The van der Waals surface area contributed by atoms with Crippen molar-refractivity contribution in [2.45, 2.75) is 32.6 Å². The second-order valence-corrected chi connectivity index (χ2v) is 4.37. The SMILES string of the molecule is CCCCCc1nc(N)nc2ccc(Cl)nc12. The maximum atomic E-state index is 5.89. The van der Waals surface area contributed by atoms with E-state index in [4.69, 9.17) is 17.3 Å². The number of rotatable bonds is 4. The van der Waals surface area contributed by atoms with Crippen molar-refractivity contribution in [1.82, 2.24) is 15.0 Å². The van der Waals surface area contributed by atoms with E-state index in [0.717, 1.165) is 29.6 Å². The Balaban J connectivity index is 2.40. The molecule has 0 aliphatic heterocycles. The Morgan fingerprint density at radius 2 is 2.00 bits per heavy atom. The van der Waals surface area contributed by atoms with Gasteiger partial charge in [0.1, 0.15) is 10.7 Å². The third-order valence-electron chi connectivity index (χ3n) is 2.61. The fourth-order valence-electron chi connectivity index (χ4n) is 1.79. The van der Waals surface area contributed by atoms with Crippen LogP contribution in [0.1, 0.15) is 31.9 Å². The highest BCUT2D eigenvalue weighted by Gasteiger charge is 2.08. The number of nitrogen functional groups attached to an aromatic ring is 1. The molecule has 2 aromatic heterocycles. The maximum absolute atomic E-state index is 5.89. The summed E-state index contributed by atoms with van der Waals surface area (Å²) in [5.74, 6) is 0.299. The summed E-state index contributed by atoms with van der Waals surface area (Å²) in [6.45, 7) is 2.17. The molecule has 0 atom stereocenters. The second kappa shape index (κ2) is 5.27. The molecule has 0 spiro atoms. The largest absolute Gasteiger partial charge is 0.368 e. The molecule has 0 fully saturated rings. The number of aryl methyl sites for hydroxylation is 1. The first-order chi connectivity index (χ1) is 8.20. The van der Waals surface area contributed by atoms with Crippen LogP contribution >= 0.6 is 11.6 Å². The van der Waals surface area contributed by atoms with Crippen molar-refractivity contribution in [2.75, 3.05) is 5.73 Å². The van der Waals surface area contributed by atoms with E-state index in [1.165, 1.54) is 12.8 Å². The Bertz CT molecular complexity index is 527. The molecule has 0 unspecified atom stereocenters. The Morgan fingerprint density at radius 3 is 2.76 bits per heavy atom. The Labute approximate surface area is 105 Å². The van der Waals surface area contributed by atoms with Crippen LogP contribution in [0.15, 0.2) is 12.1 Å².